The number of carbonyl (C=O) groups excluding carboxylic acids is 1. The van der Waals surface area contributed by atoms with E-state index in [-0.39, 0.29) is 5.97 Å². The highest BCUT2D eigenvalue weighted by molar-refractivity contribution is 6.07. The van der Waals surface area contributed by atoms with Crippen LogP contribution >= 0.6 is 0 Å². The minimum Gasteiger partial charge on any atom is -0.422 e. The fourth-order valence-corrected chi connectivity index (χ4v) is 3.37. The first-order chi connectivity index (χ1) is 13.4. The van der Waals surface area contributed by atoms with E-state index in [2.05, 4.69) is 29.2 Å². The summed E-state index contributed by atoms with van der Waals surface area (Å²) in [5.74, 6) is 0.327. The molecular weight excluding hydrogens is 348 g/mol. The highest BCUT2D eigenvalue weighted by atomic mass is 16.5. The van der Waals surface area contributed by atoms with E-state index in [0.717, 1.165) is 33.7 Å². The van der Waals surface area contributed by atoms with E-state index in [4.69, 9.17) is 4.74 Å². The number of anilines is 1. The van der Waals surface area contributed by atoms with Crippen LogP contribution in [0.25, 0.3) is 16.9 Å². The number of hydrogen-bond donors (Lipinski definition) is 0. The Morgan fingerprint density at radius 3 is 2.07 bits per heavy atom. The van der Waals surface area contributed by atoms with E-state index in [0.29, 0.717) is 11.3 Å². The highest BCUT2D eigenvalue weighted by Crippen LogP contribution is 2.36. The molecule has 0 atom stereocenters. The Hall–Kier alpha value is -3.40. The normalized spacial score (nSPS) is 15.0. The number of rotatable bonds is 2. The summed E-state index contributed by atoms with van der Waals surface area (Å²) in [5, 5.41) is 0. The second-order valence-electron chi connectivity index (χ2n) is 7.36. The summed E-state index contributed by atoms with van der Waals surface area (Å²) in [6.45, 7) is 0. The fourth-order valence-electron chi connectivity index (χ4n) is 3.37. The average molecular weight is 371 g/mol. The van der Waals surface area contributed by atoms with Crippen molar-refractivity contribution in [3.05, 3.63) is 83.5 Å². The number of esters is 1. The second kappa shape index (κ2) is 6.97. The van der Waals surface area contributed by atoms with Crippen LogP contribution in [0.1, 0.15) is 15.9 Å². The lowest BCUT2D eigenvalue weighted by molar-refractivity contribution is -0.462. The van der Waals surface area contributed by atoms with E-state index in [9.17, 15) is 4.79 Å². The lowest BCUT2D eigenvalue weighted by Crippen LogP contribution is -2.09. The summed E-state index contributed by atoms with van der Waals surface area (Å²) in [4.78, 5) is 14.6. The fraction of sp³-hybridized carbons (Fsp3) is 0.167. The quantitative estimate of drug-likeness (QED) is 0.587. The number of allylic oxidation sites excluding steroid dienone is 5. The lowest BCUT2D eigenvalue weighted by Gasteiger charge is -2.13. The van der Waals surface area contributed by atoms with Crippen molar-refractivity contribution >= 4 is 23.1 Å². The molecule has 2 aromatic rings. The summed E-state index contributed by atoms with van der Waals surface area (Å²) in [6.07, 6.45) is 8.02. The molecule has 140 valence electrons. The summed E-state index contributed by atoms with van der Waals surface area (Å²) in [5.41, 5.74) is 6.68. The maximum absolute atomic E-state index is 12.5. The van der Waals surface area contributed by atoms with E-state index in [1.54, 1.807) is 0 Å². The Labute approximate surface area is 165 Å². The summed E-state index contributed by atoms with van der Waals surface area (Å²) in [7, 11) is 8.03. The smallest absolute Gasteiger partial charge is 0.344 e. The van der Waals surface area contributed by atoms with Gasteiger partial charge in [0.2, 0.25) is 0 Å². The van der Waals surface area contributed by atoms with Crippen LogP contribution in [0.5, 0.6) is 0 Å². The van der Waals surface area contributed by atoms with Crippen LogP contribution in [0.15, 0.2) is 72.3 Å². The van der Waals surface area contributed by atoms with Gasteiger partial charge in [-0.25, -0.2) is 9.37 Å². The second-order valence-corrected chi connectivity index (χ2v) is 7.36. The van der Waals surface area contributed by atoms with Crippen molar-refractivity contribution in [2.75, 3.05) is 33.1 Å². The molecule has 0 N–H and O–H groups in total. The Bertz CT molecular complexity index is 1060. The molecule has 1 aliphatic heterocycles. The molecule has 0 saturated heterocycles. The molecule has 1 heterocycles. The van der Waals surface area contributed by atoms with E-state index in [1.807, 2.05) is 75.3 Å². The molecule has 4 rings (SSSR count). The zero-order valence-electron chi connectivity index (χ0n) is 16.6. The van der Waals surface area contributed by atoms with Crippen LogP contribution < -0.4 is 4.90 Å². The van der Waals surface area contributed by atoms with Crippen LogP contribution in [-0.4, -0.2) is 44.4 Å². The predicted molar refractivity (Wildman–Crippen MR) is 114 cm³/mol. The standard InChI is InChI=1S/C24H23N2O2/c1-25(2)19-10-5-16(6-11-19)18-9-14-21-22(15-18)24(27)28-23(21)17-7-12-20(13-8-17)26(3)4/h5-15H,1-4H3/q+1. The van der Waals surface area contributed by atoms with Crippen molar-refractivity contribution in [3.8, 4) is 11.1 Å². The number of ether oxygens (including phenoxy) is 1. The third-order valence-corrected chi connectivity index (χ3v) is 5.04. The van der Waals surface area contributed by atoms with Gasteiger partial charge in [0.05, 0.1) is 5.56 Å². The molecule has 0 aromatic heterocycles. The first kappa shape index (κ1) is 18.0. The molecule has 28 heavy (non-hydrogen) atoms. The third kappa shape index (κ3) is 3.18. The van der Waals surface area contributed by atoms with Gasteiger partial charge in [-0.15, -0.1) is 0 Å². The number of hydrogen-bond acceptors (Lipinski definition) is 3. The van der Waals surface area contributed by atoms with E-state index < -0.39 is 0 Å². The average Bonchev–Trinajstić information content (AvgIpc) is 3.04. The molecule has 0 spiro atoms. The number of fused-ring (bicyclic) bond motifs is 1. The van der Waals surface area contributed by atoms with E-state index >= 15 is 0 Å². The zero-order valence-corrected chi connectivity index (χ0v) is 16.6. The summed E-state index contributed by atoms with van der Waals surface area (Å²) in [6, 6.07) is 14.2. The topological polar surface area (TPSA) is 32.6 Å². The van der Waals surface area contributed by atoms with Gasteiger partial charge in [0.1, 0.15) is 19.9 Å². The molecule has 4 heteroatoms. The first-order valence-electron chi connectivity index (χ1n) is 9.23. The first-order valence-corrected chi connectivity index (χ1v) is 9.23. The van der Waals surface area contributed by atoms with Crippen LogP contribution in [0.3, 0.4) is 0 Å². The molecule has 0 unspecified atom stereocenters. The van der Waals surface area contributed by atoms with Gasteiger partial charge in [0.25, 0.3) is 0 Å². The number of cyclic esters (lactones) is 1. The van der Waals surface area contributed by atoms with Gasteiger partial charge in [-0.2, -0.15) is 0 Å². The molecule has 0 amide bonds. The SMILES string of the molecule is CN(C)c1ccc(-c2ccc3c(c2)C(=O)OC3=C2C=CC(=[N+](C)C)C=C2)cc1. The largest absolute Gasteiger partial charge is 0.422 e. The Morgan fingerprint density at radius 2 is 1.46 bits per heavy atom. The van der Waals surface area contributed by atoms with Gasteiger partial charge in [0, 0.05) is 43.1 Å². The van der Waals surface area contributed by atoms with Gasteiger partial charge in [-0.1, -0.05) is 18.2 Å². The van der Waals surface area contributed by atoms with Crippen molar-refractivity contribution < 1.29 is 14.1 Å². The van der Waals surface area contributed by atoms with E-state index in [1.165, 1.54) is 0 Å². The van der Waals surface area contributed by atoms with Crippen molar-refractivity contribution in [1.29, 1.82) is 0 Å². The summed E-state index contributed by atoms with van der Waals surface area (Å²) >= 11 is 0. The predicted octanol–water partition coefficient (Wildman–Crippen LogP) is 4.14. The van der Waals surface area contributed by atoms with Crippen LogP contribution in [0, 0.1) is 0 Å². The molecule has 0 bridgehead atoms. The van der Waals surface area contributed by atoms with Crippen LogP contribution in [0.2, 0.25) is 0 Å². The summed E-state index contributed by atoms with van der Waals surface area (Å²) < 4.78 is 7.66. The minimum atomic E-state index is -0.298. The molecule has 0 radical (unpaired) electrons. The number of nitrogens with zero attached hydrogens (tertiary/aromatic N) is 2. The zero-order chi connectivity index (χ0) is 19.8. The molecule has 0 fully saturated rings. The third-order valence-electron chi connectivity index (χ3n) is 5.04. The van der Waals surface area contributed by atoms with Crippen molar-refractivity contribution in [3.63, 3.8) is 0 Å². The van der Waals surface area contributed by atoms with Crippen LogP contribution in [0.4, 0.5) is 5.69 Å². The monoisotopic (exact) mass is 371 g/mol. The molecule has 0 saturated carbocycles. The molecular formula is C24H23N2O2+. The van der Waals surface area contributed by atoms with Gasteiger partial charge in [-0.3, -0.25) is 0 Å². The van der Waals surface area contributed by atoms with Crippen molar-refractivity contribution in [1.82, 2.24) is 0 Å². The maximum atomic E-state index is 12.5. The van der Waals surface area contributed by atoms with Gasteiger partial charge < -0.3 is 9.64 Å². The van der Waals surface area contributed by atoms with Crippen LogP contribution in [-0.2, 0) is 4.74 Å². The van der Waals surface area contributed by atoms with Gasteiger partial charge in [0.15, 0.2) is 5.71 Å². The molecule has 2 aliphatic rings. The number of carbonyl (C=O) groups is 1. The minimum absolute atomic E-state index is 0.298. The molecule has 2 aromatic carbocycles. The van der Waals surface area contributed by atoms with Gasteiger partial charge in [-0.05, 0) is 47.5 Å². The number of benzene rings is 2. The van der Waals surface area contributed by atoms with Gasteiger partial charge >= 0.3 is 5.97 Å². The molecule has 4 nitrogen and oxygen atoms in total. The Morgan fingerprint density at radius 1 is 0.821 bits per heavy atom. The Balaban J connectivity index is 1.71. The lowest BCUT2D eigenvalue weighted by atomic mass is 9.97. The highest BCUT2D eigenvalue weighted by Gasteiger charge is 2.29. The maximum Gasteiger partial charge on any atom is 0.344 e. The molecule has 1 aliphatic carbocycles. The Kier molecular flexibility index (Phi) is 4.47. The van der Waals surface area contributed by atoms with Crippen molar-refractivity contribution in [2.24, 2.45) is 0 Å². The van der Waals surface area contributed by atoms with Crippen molar-refractivity contribution in [2.45, 2.75) is 0 Å².